The number of carbonyl (C=O) groups excluding carboxylic acids is 1. The molecule has 1 aliphatic heterocycles. The summed E-state index contributed by atoms with van der Waals surface area (Å²) in [6.07, 6.45) is 1.14. The van der Waals surface area contributed by atoms with Gasteiger partial charge in [-0.3, -0.25) is 0 Å². The van der Waals surface area contributed by atoms with Crippen molar-refractivity contribution in [2.75, 3.05) is 13.1 Å². The lowest BCUT2D eigenvalue weighted by molar-refractivity contribution is 0.164. The van der Waals surface area contributed by atoms with Crippen LogP contribution in [0.1, 0.15) is 34.7 Å². The van der Waals surface area contributed by atoms with E-state index in [2.05, 4.69) is 25.2 Å². The van der Waals surface area contributed by atoms with Crippen molar-refractivity contribution < 1.29 is 4.79 Å². The van der Waals surface area contributed by atoms with Crippen LogP contribution in [0, 0.1) is 13.8 Å². The van der Waals surface area contributed by atoms with E-state index in [1.54, 1.807) is 11.3 Å². The summed E-state index contributed by atoms with van der Waals surface area (Å²) in [6, 6.07) is 2.35. The molecule has 0 saturated carbocycles. The van der Waals surface area contributed by atoms with Crippen molar-refractivity contribution in [3.63, 3.8) is 0 Å². The van der Waals surface area contributed by atoms with Crippen molar-refractivity contribution in [3.8, 4) is 0 Å². The zero-order chi connectivity index (χ0) is 11.7. The van der Waals surface area contributed by atoms with Crippen LogP contribution in [-0.2, 0) is 0 Å². The summed E-state index contributed by atoms with van der Waals surface area (Å²) in [5, 5.41) is 3.05. The third kappa shape index (κ3) is 2.21. The number of urea groups is 1. The van der Waals surface area contributed by atoms with Gasteiger partial charge in [-0.05, 0) is 38.8 Å². The minimum absolute atomic E-state index is 0.0713. The average Bonchev–Trinajstić information content (AvgIpc) is 2.41. The van der Waals surface area contributed by atoms with E-state index >= 15 is 0 Å². The number of rotatable bonds is 2. The maximum Gasteiger partial charge on any atom is 0.317 e. The molecule has 2 rings (SSSR count). The molecule has 1 aliphatic rings. The van der Waals surface area contributed by atoms with Crippen LogP contribution in [-0.4, -0.2) is 24.0 Å². The lowest BCUT2D eigenvalue weighted by Gasteiger charge is -2.32. The molecule has 1 aromatic rings. The first-order chi connectivity index (χ1) is 7.58. The van der Waals surface area contributed by atoms with Gasteiger partial charge in [0, 0.05) is 22.8 Å². The molecule has 1 saturated heterocycles. The van der Waals surface area contributed by atoms with E-state index in [9.17, 15) is 4.79 Å². The minimum atomic E-state index is 0.0713. The fourth-order valence-electron chi connectivity index (χ4n) is 1.95. The fraction of sp³-hybridized carbons (Fsp3) is 0.583. The molecule has 0 aromatic carbocycles. The summed E-state index contributed by atoms with van der Waals surface area (Å²) < 4.78 is 0. The molecule has 88 valence electrons. The Bertz CT molecular complexity index is 396. The molecule has 0 bridgehead atoms. The Morgan fingerprint density at radius 1 is 1.50 bits per heavy atom. The van der Waals surface area contributed by atoms with Crippen LogP contribution in [0.4, 0.5) is 4.79 Å². The van der Waals surface area contributed by atoms with Crippen LogP contribution >= 0.6 is 11.3 Å². The van der Waals surface area contributed by atoms with Gasteiger partial charge in [0.2, 0.25) is 0 Å². The van der Waals surface area contributed by atoms with Gasteiger partial charge < -0.3 is 10.2 Å². The summed E-state index contributed by atoms with van der Waals surface area (Å²) in [6.45, 7) is 8.07. The summed E-state index contributed by atoms with van der Waals surface area (Å²) in [5.74, 6) is 0. The number of carbonyl (C=O) groups is 1. The summed E-state index contributed by atoms with van der Waals surface area (Å²) in [5.41, 5.74) is 1.25. The van der Waals surface area contributed by atoms with Gasteiger partial charge in [-0.2, -0.15) is 0 Å². The number of hydrogen-bond acceptors (Lipinski definition) is 2. The first-order valence-corrected chi connectivity index (χ1v) is 6.52. The van der Waals surface area contributed by atoms with E-state index in [4.69, 9.17) is 0 Å². The van der Waals surface area contributed by atoms with Crippen LogP contribution in [0.15, 0.2) is 6.07 Å². The summed E-state index contributed by atoms with van der Waals surface area (Å²) in [4.78, 5) is 16.2. The molecule has 1 atom stereocenters. The highest BCUT2D eigenvalue weighted by molar-refractivity contribution is 7.12. The van der Waals surface area contributed by atoms with Crippen molar-refractivity contribution >= 4 is 17.4 Å². The number of nitrogens with zero attached hydrogens (tertiary/aromatic N) is 1. The highest BCUT2D eigenvalue weighted by Crippen LogP contribution is 2.26. The summed E-state index contributed by atoms with van der Waals surface area (Å²) >= 11 is 1.79. The van der Waals surface area contributed by atoms with E-state index in [0.717, 1.165) is 19.5 Å². The van der Waals surface area contributed by atoms with E-state index in [-0.39, 0.29) is 12.1 Å². The fourth-order valence-corrected chi connectivity index (χ4v) is 2.98. The summed E-state index contributed by atoms with van der Waals surface area (Å²) in [7, 11) is 0. The molecule has 1 unspecified atom stereocenters. The number of hydrogen-bond donors (Lipinski definition) is 1. The molecule has 16 heavy (non-hydrogen) atoms. The second kappa shape index (κ2) is 4.45. The largest absolute Gasteiger partial charge is 0.331 e. The molecular formula is C12H18N2OS. The topological polar surface area (TPSA) is 32.3 Å². The zero-order valence-electron chi connectivity index (χ0n) is 10.0. The number of aryl methyl sites for hydroxylation is 2. The smallest absolute Gasteiger partial charge is 0.317 e. The number of amides is 2. The zero-order valence-corrected chi connectivity index (χ0v) is 10.9. The van der Waals surface area contributed by atoms with E-state index in [0.29, 0.717) is 0 Å². The quantitative estimate of drug-likeness (QED) is 0.844. The molecule has 1 fully saturated rings. The van der Waals surface area contributed by atoms with Crippen LogP contribution in [0.25, 0.3) is 0 Å². The van der Waals surface area contributed by atoms with Gasteiger partial charge in [0.05, 0.1) is 6.04 Å². The van der Waals surface area contributed by atoms with Crippen molar-refractivity contribution in [2.24, 2.45) is 0 Å². The Morgan fingerprint density at radius 2 is 2.19 bits per heavy atom. The van der Waals surface area contributed by atoms with Gasteiger partial charge >= 0.3 is 6.03 Å². The van der Waals surface area contributed by atoms with E-state index < -0.39 is 0 Å². The number of likely N-dealkylation sites (tertiary alicyclic amines) is 1. The van der Waals surface area contributed by atoms with Gasteiger partial charge in [0.25, 0.3) is 0 Å². The van der Waals surface area contributed by atoms with Crippen LogP contribution in [0.3, 0.4) is 0 Å². The third-order valence-electron chi connectivity index (χ3n) is 3.03. The lowest BCUT2D eigenvalue weighted by atomic mass is 10.1. The standard InChI is InChI=1S/C12H18N2OS/c1-8-7-11(10(3)16-8)9(2)13-12(15)14-5-4-6-14/h7,9H,4-6H2,1-3H3,(H,13,15). The molecule has 4 heteroatoms. The minimum Gasteiger partial charge on any atom is -0.331 e. The molecular weight excluding hydrogens is 220 g/mol. The monoisotopic (exact) mass is 238 g/mol. The normalized spacial score (nSPS) is 16.8. The maximum absolute atomic E-state index is 11.7. The maximum atomic E-state index is 11.7. The molecule has 2 heterocycles. The van der Waals surface area contributed by atoms with Crippen LogP contribution < -0.4 is 5.32 Å². The Hall–Kier alpha value is -1.03. The highest BCUT2D eigenvalue weighted by atomic mass is 32.1. The second-order valence-corrected chi connectivity index (χ2v) is 5.84. The Labute approximate surface area is 100 Å². The van der Waals surface area contributed by atoms with E-state index in [1.165, 1.54) is 15.3 Å². The molecule has 1 aromatic heterocycles. The molecule has 0 radical (unpaired) electrons. The van der Waals surface area contributed by atoms with Crippen LogP contribution in [0.5, 0.6) is 0 Å². The van der Waals surface area contributed by atoms with Gasteiger partial charge in [-0.1, -0.05) is 0 Å². The van der Waals surface area contributed by atoms with Gasteiger partial charge in [0.1, 0.15) is 0 Å². The SMILES string of the molecule is Cc1cc(C(C)NC(=O)N2CCC2)c(C)s1. The molecule has 0 aliphatic carbocycles. The predicted molar refractivity (Wildman–Crippen MR) is 66.9 cm³/mol. The first kappa shape index (κ1) is 11.5. The number of nitrogens with one attached hydrogen (secondary N) is 1. The second-order valence-electron chi connectivity index (χ2n) is 4.38. The molecule has 2 amide bonds. The molecule has 1 N–H and O–H groups in total. The Balaban J connectivity index is 1.99. The number of thiophene rings is 1. The lowest BCUT2D eigenvalue weighted by Crippen LogP contribution is -2.48. The van der Waals surface area contributed by atoms with Gasteiger partial charge in [-0.25, -0.2) is 4.79 Å². The van der Waals surface area contributed by atoms with Crippen LogP contribution in [0.2, 0.25) is 0 Å². The predicted octanol–water partition coefficient (Wildman–Crippen LogP) is 2.84. The van der Waals surface area contributed by atoms with Crippen molar-refractivity contribution in [2.45, 2.75) is 33.2 Å². The van der Waals surface area contributed by atoms with Crippen molar-refractivity contribution in [3.05, 3.63) is 21.4 Å². The van der Waals surface area contributed by atoms with E-state index in [1.807, 2.05) is 11.8 Å². The Morgan fingerprint density at radius 3 is 2.62 bits per heavy atom. The third-order valence-corrected chi connectivity index (χ3v) is 4.01. The molecule has 0 spiro atoms. The van der Waals surface area contributed by atoms with Gasteiger partial charge in [0.15, 0.2) is 0 Å². The first-order valence-electron chi connectivity index (χ1n) is 5.70. The van der Waals surface area contributed by atoms with Gasteiger partial charge in [-0.15, -0.1) is 11.3 Å². The highest BCUT2D eigenvalue weighted by Gasteiger charge is 2.22. The molecule has 3 nitrogen and oxygen atoms in total. The average molecular weight is 238 g/mol. The van der Waals surface area contributed by atoms with Crippen molar-refractivity contribution in [1.82, 2.24) is 10.2 Å². The Kier molecular flexibility index (Phi) is 3.19. The van der Waals surface area contributed by atoms with Crippen molar-refractivity contribution in [1.29, 1.82) is 0 Å².